The molecule has 1 aliphatic carbocycles. The Hall–Kier alpha value is -0.0400. The van der Waals surface area contributed by atoms with Gasteiger partial charge in [0.15, 0.2) is 0 Å². The summed E-state index contributed by atoms with van der Waals surface area (Å²) in [4.78, 5) is 0. The lowest BCUT2D eigenvalue weighted by Crippen LogP contribution is -2.36. The first-order valence-corrected chi connectivity index (χ1v) is 3.33. The molecule has 8 heavy (non-hydrogen) atoms. The van der Waals surface area contributed by atoms with Crippen molar-refractivity contribution in [3.63, 3.8) is 0 Å². The van der Waals surface area contributed by atoms with Crippen LogP contribution in [0.5, 0.6) is 0 Å². The second-order valence-electron chi connectivity index (χ2n) is 3.18. The highest BCUT2D eigenvalue weighted by molar-refractivity contribution is 4.87. The van der Waals surface area contributed by atoms with E-state index in [0.29, 0.717) is 0 Å². The molecule has 0 heterocycles. The smallest absolute Gasteiger partial charge is 0.0565 e. The topological polar surface area (TPSA) is 20.2 Å². The Bertz CT molecular complexity index is 82.4. The fourth-order valence-corrected chi connectivity index (χ4v) is 1.15. The molecule has 0 aromatic rings. The number of hydrogen-bond acceptors (Lipinski definition) is 1. The van der Waals surface area contributed by atoms with Crippen LogP contribution < -0.4 is 0 Å². The summed E-state index contributed by atoms with van der Waals surface area (Å²) in [5.74, 6) is 0. The monoisotopic (exact) mass is 114 g/mol. The normalized spacial score (nSPS) is 28.9. The van der Waals surface area contributed by atoms with Crippen LogP contribution in [0.3, 0.4) is 0 Å². The summed E-state index contributed by atoms with van der Waals surface area (Å²) in [6, 6.07) is 0. The first-order chi connectivity index (χ1) is 3.65. The van der Waals surface area contributed by atoms with E-state index in [1.165, 1.54) is 19.3 Å². The van der Waals surface area contributed by atoms with E-state index in [-0.39, 0.29) is 11.5 Å². The van der Waals surface area contributed by atoms with Gasteiger partial charge in [-0.05, 0) is 25.2 Å². The van der Waals surface area contributed by atoms with Crippen LogP contribution in [0, 0.1) is 5.41 Å². The average Bonchev–Trinajstić information content (AvgIpc) is 1.60. The Balaban J connectivity index is 2.41. The van der Waals surface area contributed by atoms with E-state index in [2.05, 4.69) is 6.92 Å². The highest BCUT2D eigenvalue weighted by Gasteiger charge is 2.35. The molecule has 0 aliphatic heterocycles. The minimum Gasteiger partial charge on any atom is -0.393 e. The Morgan fingerprint density at radius 2 is 2.00 bits per heavy atom. The van der Waals surface area contributed by atoms with Gasteiger partial charge in [-0.3, -0.25) is 0 Å². The molecule has 1 rings (SSSR count). The summed E-state index contributed by atoms with van der Waals surface area (Å²) < 4.78 is 0. The van der Waals surface area contributed by atoms with Gasteiger partial charge in [-0.25, -0.2) is 0 Å². The van der Waals surface area contributed by atoms with Crippen LogP contribution in [0.15, 0.2) is 0 Å². The molecular formula is C7H14O. The van der Waals surface area contributed by atoms with Crippen molar-refractivity contribution in [3.8, 4) is 0 Å². The molecule has 0 bridgehead atoms. The highest BCUT2D eigenvalue weighted by Crippen LogP contribution is 2.42. The van der Waals surface area contributed by atoms with E-state index >= 15 is 0 Å². The van der Waals surface area contributed by atoms with Gasteiger partial charge in [0.05, 0.1) is 6.10 Å². The van der Waals surface area contributed by atoms with Crippen LogP contribution in [0.4, 0.5) is 0 Å². The largest absolute Gasteiger partial charge is 0.393 e. The molecule has 0 unspecified atom stereocenters. The van der Waals surface area contributed by atoms with Gasteiger partial charge in [0.2, 0.25) is 0 Å². The standard InChI is InChI=1S/C7H14O/c1-6(8)7(2)4-3-5-7/h6,8H,3-5H2,1-2H3/t6-/m1/s1. The second-order valence-corrected chi connectivity index (χ2v) is 3.18. The molecule has 0 aromatic heterocycles. The molecule has 1 saturated carbocycles. The van der Waals surface area contributed by atoms with E-state index in [4.69, 9.17) is 5.11 Å². The van der Waals surface area contributed by atoms with Gasteiger partial charge in [-0.15, -0.1) is 0 Å². The van der Waals surface area contributed by atoms with E-state index in [9.17, 15) is 0 Å². The van der Waals surface area contributed by atoms with E-state index in [0.717, 1.165) is 0 Å². The summed E-state index contributed by atoms with van der Waals surface area (Å²) in [5.41, 5.74) is 0.278. The fraction of sp³-hybridized carbons (Fsp3) is 1.00. The van der Waals surface area contributed by atoms with E-state index in [1.54, 1.807) is 0 Å². The van der Waals surface area contributed by atoms with Crippen molar-refractivity contribution in [3.05, 3.63) is 0 Å². The molecule has 1 N–H and O–H groups in total. The molecule has 0 spiro atoms. The fourth-order valence-electron chi connectivity index (χ4n) is 1.15. The Kier molecular flexibility index (Phi) is 1.31. The van der Waals surface area contributed by atoms with E-state index < -0.39 is 0 Å². The van der Waals surface area contributed by atoms with Crippen LogP contribution in [0.1, 0.15) is 33.1 Å². The second kappa shape index (κ2) is 1.73. The summed E-state index contributed by atoms with van der Waals surface area (Å²) in [5, 5.41) is 9.13. The lowest BCUT2D eigenvalue weighted by atomic mass is 9.67. The number of hydrogen-bond donors (Lipinski definition) is 1. The molecule has 1 heteroatoms. The van der Waals surface area contributed by atoms with Crippen molar-refractivity contribution in [1.82, 2.24) is 0 Å². The zero-order valence-corrected chi connectivity index (χ0v) is 5.65. The first-order valence-electron chi connectivity index (χ1n) is 3.33. The molecule has 0 saturated heterocycles. The summed E-state index contributed by atoms with van der Waals surface area (Å²) in [7, 11) is 0. The van der Waals surface area contributed by atoms with Gasteiger partial charge in [-0.2, -0.15) is 0 Å². The average molecular weight is 114 g/mol. The molecular weight excluding hydrogens is 100 g/mol. The number of aliphatic hydroxyl groups is 1. The molecule has 0 aromatic carbocycles. The third-order valence-electron chi connectivity index (χ3n) is 2.50. The van der Waals surface area contributed by atoms with Gasteiger partial charge in [-0.1, -0.05) is 13.3 Å². The van der Waals surface area contributed by atoms with Crippen molar-refractivity contribution >= 4 is 0 Å². The van der Waals surface area contributed by atoms with Crippen molar-refractivity contribution in [2.45, 2.75) is 39.2 Å². The maximum atomic E-state index is 9.13. The van der Waals surface area contributed by atoms with Crippen molar-refractivity contribution in [2.75, 3.05) is 0 Å². The zero-order valence-electron chi connectivity index (χ0n) is 5.65. The van der Waals surface area contributed by atoms with Crippen LogP contribution >= 0.6 is 0 Å². The van der Waals surface area contributed by atoms with Gasteiger partial charge < -0.3 is 5.11 Å². The third kappa shape index (κ3) is 0.752. The molecule has 1 nitrogen and oxygen atoms in total. The van der Waals surface area contributed by atoms with Crippen molar-refractivity contribution < 1.29 is 5.11 Å². The molecule has 0 radical (unpaired) electrons. The minimum absolute atomic E-state index is 0.101. The summed E-state index contributed by atoms with van der Waals surface area (Å²) in [6.07, 6.45) is 3.63. The van der Waals surface area contributed by atoms with Gasteiger partial charge in [0.25, 0.3) is 0 Å². The predicted octanol–water partition coefficient (Wildman–Crippen LogP) is 1.56. The Labute approximate surface area is 50.7 Å². The quantitative estimate of drug-likeness (QED) is 0.548. The predicted molar refractivity (Wildman–Crippen MR) is 33.6 cm³/mol. The Morgan fingerprint density at radius 3 is 2.00 bits per heavy atom. The lowest BCUT2D eigenvalue weighted by Gasteiger charge is -2.40. The maximum Gasteiger partial charge on any atom is 0.0565 e. The maximum absolute atomic E-state index is 9.13. The highest BCUT2D eigenvalue weighted by atomic mass is 16.3. The molecule has 1 atom stereocenters. The van der Waals surface area contributed by atoms with Gasteiger partial charge in [0, 0.05) is 0 Å². The van der Waals surface area contributed by atoms with Crippen LogP contribution in [-0.2, 0) is 0 Å². The van der Waals surface area contributed by atoms with Crippen LogP contribution in [-0.4, -0.2) is 11.2 Å². The summed E-state index contributed by atoms with van der Waals surface area (Å²) in [6.45, 7) is 4.04. The summed E-state index contributed by atoms with van der Waals surface area (Å²) >= 11 is 0. The molecule has 48 valence electrons. The number of aliphatic hydroxyl groups excluding tert-OH is 1. The van der Waals surface area contributed by atoms with Gasteiger partial charge in [0.1, 0.15) is 0 Å². The van der Waals surface area contributed by atoms with Gasteiger partial charge >= 0.3 is 0 Å². The lowest BCUT2D eigenvalue weighted by molar-refractivity contribution is -0.00739. The first kappa shape index (κ1) is 6.09. The van der Waals surface area contributed by atoms with Crippen LogP contribution in [0.2, 0.25) is 0 Å². The zero-order chi connectivity index (χ0) is 6.20. The molecule has 1 fully saturated rings. The SMILES string of the molecule is C[C@@H](O)C1(C)CCC1. The molecule has 1 aliphatic rings. The van der Waals surface area contributed by atoms with Crippen molar-refractivity contribution in [1.29, 1.82) is 0 Å². The number of rotatable bonds is 1. The Morgan fingerprint density at radius 1 is 1.50 bits per heavy atom. The minimum atomic E-state index is -0.101. The molecule has 0 amide bonds. The van der Waals surface area contributed by atoms with Crippen LogP contribution in [0.25, 0.3) is 0 Å². The van der Waals surface area contributed by atoms with Crippen molar-refractivity contribution in [2.24, 2.45) is 5.41 Å². The van der Waals surface area contributed by atoms with E-state index in [1.807, 2.05) is 6.92 Å². The third-order valence-corrected chi connectivity index (χ3v) is 2.50.